The van der Waals surface area contributed by atoms with Crippen LogP contribution in [-0.4, -0.2) is 11.9 Å². The summed E-state index contributed by atoms with van der Waals surface area (Å²) < 4.78 is 10.6. The van der Waals surface area contributed by atoms with E-state index in [9.17, 15) is 9.59 Å². The summed E-state index contributed by atoms with van der Waals surface area (Å²) in [7, 11) is 0. The molecule has 0 atom stereocenters. The topological polar surface area (TPSA) is 52.6 Å². The highest BCUT2D eigenvalue weighted by atomic mass is 16.5. The minimum atomic E-state index is -0.570. The predicted octanol–water partition coefficient (Wildman–Crippen LogP) is 4.59. The fourth-order valence-corrected chi connectivity index (χ4v) is 2.23. The average molecular weight is 338 g/mol. The Labute approximate surface area is 148 Å². The second kappa shape index (κ2) is 8.29. The summed E-state index contributed by atoms with van der Waals surface area (Å²) in [5, 5.41) is 0. The number of hydrogen-bond acceptors (Lipinski definition) is 4. The molecule has 0 saturated carbocycles. The maximum atomic E-state index is 12.6. The zero-order chi connectivity index (χ0) is 18.4. The van der Waals surface area contributed by atoms with Crippen molar-refractivity contribution in [3.8, 4) is 11.5 Å². The van der Waals surface area contributed by atoms with Crippen LogP contribution in [0, 0.1) is 5.92 Å². The molecule has 0 aliphatic carbocycles. The van der Waals surface area contributed by atoms with Gasteiger partial charge in [-0.25, -0.2) is 4.79 Å². The van der Waals surface area contributed by atoms with Gasteiger partial charge in [-0.15, -0.1) is 0 Å². The quantitative estimate of drug-likeness (QED) is 0.439. The SMILES string of the molecule is C=C(Cc1ccccc1OC(=O)c1ccccc1OC(C)=O)C(C)C. The van der Waals surface area contributed by atoms with Crippen LogP contribution in [-0.2, 0) is 11.2 Å². The normalized spacial score (nSPS) is 10.4. The van der Waals surface area contributed by atoms with E-state index < -0.39 is 11.9 Å². The van der Waals surface area contributed by atoms with Crippen LogP contribution in [0.15, 0.2) is 60.7 Å². The van der Waals surface area contributed by atoms with Crippen molar-refractivity contribution in [1.29, 1.82) is 0 Å². The second-order valence-corrected chi connectivity index (χ2v) is 6.08. The smallest absolute Gasteiger partial charge is 0.347 e. The summed E-state index contributed by atoms with van der Waals surface area (Å²) in [5.41, 5.74) is 2.15. The molecule has 4 nitrogen and oxygen atoms in total. The van der Waals surface area contributed by atoms with E-state index >= 15 is 0 Å². The zero-order valence-electron chi connectivity index (χ0n) is 14.7. The molecule has 0 amide bonds. The van der Waals surface area contributed by atoms with Crippen LogP contribution in [0.3, 0.4) is 0 Å². The molecule has 0 radical (unpaired) electrons. The minimum Gasteiger partial charge on any atom is -0.426 e. The van der Waals surface area contributed by atoms with E-state index in [-0.39, 0.29) is 11.3 Å². The Morgan fingerprint density at radius 1 is 0.960 bits per heavy atom. The number of carbonyl (C=O) groups is 2. The first-order valence-electron chi connectivity index (χ1n) is 8.13. The van der Waals surface area contributed by atoms with E-state index in [1.807, 2.05) is 18.2 Å². The molecule has 0 aromatic heterocycles. The lowest BCUT2D eigenvalue weighted by Gasteiger charge is -2.14. The molecular weight excluding hydrogens is 316 g/mol. The highest BCUT2D eigenvalue weighted by molar-refractivity contribution is 5.94. The molecule has 0 aliphatic heterocycles. The van der Waals surface area contributed by atoms with Gasteiger partial charge in [-0.2, -0.15) is 0 Å². The van der Waals surface area contributed by atoms with Gasteiger partial charge in [-0.1, -0.05) is 56.3 Å². The Hall–Kier alpha value is -2.88. The lowest BCUT2D eigenvalue weighted by atomic mass is 9.97. The zero-order valence-corrected chi connectivity index (χ0v) is 14.7. The minimum absolute atomic E-state index is 0.184. The number of allylic oxidation sites excluding steroid dienone is 1. The van der Waals surface area contributed by atoms with Gasteiger partial charge < -0.3 is 9.47 Å². The molecule has 0 spiro atoms. The van der Waals surface area contributed by atoms with E-state index in [1.165, 1.54) is 6.92 Å². The van der Waals surface area contributed by atoms with E-state index in [1.54, 1.807) is 30.3 Å². The molecule has 25 heavy (non-hydrogen) atoms. The molecule has 2 aromatic rings. The highest BCUT2D eigenvalue weighted by Gasteiger charge is 2.17. The number of esters is 2. The fourth-order valence-electron chi connectivity index (χ4n) is 2.23. The van der Waals surface area contributed by atoms with Crippen LogP contribution in [0.25, 0.3) is 0 Å². The second-order valence-electron chi connectivity index (χ2n) is 6.08. The van der Waals surface area contributed by atoms with Crippen molar-refractivity contribution >= 4 is 11.9 Å². The van der Waals surface area contributed by atoms with Gasteiger partial charge in [0.15, 0.2) is 0 Å². The van der Waals surface area contributed by atoms with Crippen LogP contribution in [0.2, 0.25) is 0 Å². The summed E-state index contributed by atoms with van der Waals surface area (Å²) >= 11 is 0. The van der Waals surface area contributed by atoms with Crippen LogP contribution in [0.1, 0.15) is 36.7 Å². The summed E-state index contributed by atoms with van der Waals surface area (Å²) in [6.45, 7) is 9.51. The molecule has 4 heteroatoms. The molecule has 0 saturated heterocycles. The number of ether oxygens (including phenoxy) is 2. The maximum Gasteiger partial charge on any atom is 0.347 e. The first kappa shape index (κ1) is 18.5. The van der Waals surface area contributed by atoms with Crippen molar-refractivity contribution in [2.45, 2.75) is 27.2 Å². The number of rotatable bonds is 6. The van der Waals surface area contributed by atoms with Gasteiger partial charge in [0, 0.05) is 6.92 Å². The first-order valence-corrected chi connectivity index (χ1v) is 8.13. The summed E-state index contributed by atoms with van der Waals surface area (Å²) in [4.78, 5) is 23.8. The largest absolute Gasteiger partial charge is 0.426 e. The van der Waals surface area contributed by atoms with E-state index in [0.29, 0.717) is 18.1 Å². The van der Waals surface area contributed by atoms with E-state index in [4.69, 9.17) is 9.47 Å². The van der Waals surface area contributed by atoms with Crippen LogP contribution >= 0.6 is 0 Å². The maximum absolute atomic E-state index is 12.6. The Morgan fingerprint density at radius 3 is 2.20 bits per heavy atom. The van der Waals surface area contributed by atoms with Gasteiger partial charge in [0.05, 0.1) is 0 Å². The fraction of sp³-hybridized carbons (Fsp3) is 0.238. The van der Waals surface area contributed by atoms with E-state index in [2.05, 4.69) is 20.4 Å². The van der Waals surface area contributed by atoms with Gasteiger partial charge in [0.25, 0.3) is 0 Å². The molecule has 0 fully saturated rings. The Morgan fingerprint density at radius 2 is 1.56 bits per heavy atom. The third-order valence-electron chi connectivity index (χ3n) is 3.77. The number of para-hydroxylation sites is 2. The Bertz CT molecular complexity index is 790. The highest BCUT2D eigenvalue weighted by Crippen LogP contribution is 2.26. The van der Waals surface area contributed by atoms with Crippen molar-refractivity contribution in [3.63, 3.8) is 0 Å². The van der Waals surface area contributed by atoms with E-state index in [0.717, 1.165) is 11.1 Å². The molecule has 2 aromatic carbocycles. The average Bonchev–Trinajstić information content (AvgIpc) is 2.56. The van der Waals surface area contributed by atoms with Crippen LogP contribution < -0.4 is 9.47 Å². The van der Waals surface area contributed by atoms with Gasteiger partial charge in [-0.3, -0.25) is 4.79 Å². The van der Waals surface area contributed by atoms with Crippen LogP contribution in [0.4, 0.5) is 0 Å². The van der Waals surface area contributed by atoms with Crippen molar-refractivity contribution in [2.24, 2.45) is 5.92 Å². The molecule has 0 bridgehead atoms. The Balaban J connectivity index is 2.25. The third-order valence-corrected chi connectivity index (χ3v) is 3.77. The molecule has 0 aliphatic rings. The number of benzene rings is 2. The summed E-state index contributed by atoms with van der Waals surface area (Å²) in [5.74, 6) is -0.0576. The molecule has 2 rings (SSSR count). The standard InChI is InChI=1S/C21H22O4/c1-14(2)15(3)13-17-9-5-7-11-19(17)25-21(23)18-10-6-8-12-20(18)24-16(4)22/h5-12,14H,3,13H2,1-2,4H3. The lowest BCUT2D eigenvalue weighted by Crippen LogP contribution is -2.13. The van der Waals surface area contributed by atoms with Crippen molar-refractivity contribution < 1.29 is 19.1 Å². The van der Waals surface area contributed by atoms with Crippen LogP contribution in [0.5, 0.6) is 11.5 Å². The molecular formula is C21H22O4. The predicted molar refractivity (Wildman–Crippen MR) is 96.8 cm³/mol. The van der Waals surface area contributed by atoms with Gasteiger partial charge in [-0.05, 0) is 36.1 Å². The van der Waals surface area contributed by atoms with Gasteiger partial charge in [0.1, 0.15) is 17.1 Å². The number of hydrogen-bond donors (Lipinski definition) is 0. The summed E-state index contributed by atoms with van der Waals surface area (Å²) in [6.07, 6.45) is 0.632. The lowest BCUT2D eigenvalue weighted by molar-refractivity contribution is -0.131. The summed E-state index contributed by atoms with van der Waals surface area (Å²) in [6, 6.07) is 13.9. The Kier molecular flexibility index (Phi) is 6.12. The van der Waals surface area contributed by atoms with Gasteiger partial charge >= 0.3 is 11.9 Å². The molecule has 0 heterocycles. The van der Waals surface area contributed by atoms with Crippen molar-refractivity contribution in [2.75, 3.05) is 0 Å². The molecule has 0 unspecified atom stereocenters. The first-order chi connectivity index (χ1) is 11.9. The molecule has 0 N–H and O–H groups in total. The third kappa shape index (κ3) is 5.05. The molecule has 130 valence electrons. The van der Waals surface area contributed by atoms with Crippen molar-refractivity contribution in [1.82, 2.24) is 0 Å². The van der Waals surface area contributed by atoms with Crippen molar-refractivity contribution in [3.05, 3.63) is 71.8 Å². The van der Waals surface area contributed by atoms with Gasteiger partial charge in [0.2, 0.25) is 0 Å². The number of carbonyl (C=O) groups excluding carboxylic acids is 2. The monoisotopic (exact) mass is 338 g/mol.